The number of hydrogen-bond donors (Lipinski definition) is 0. The van der Waals surface area contributed by atoms with E-state index in [1.54, 1.807) is 0 Å². The maximum atomic E-state index is 5.45. The minimum Gasteiger partial charge on any atom is -0.309 e. The van der Waals surface area contributed by atoms with Crippen molar-refractivity contribution in [2.75, 3.05) is 0 Å². The van der Waals surface area contributed by atoms with E-state index in [2.05, 4.69) is 227 Å². The third-order valence-corrected chi connectivity index (χ3v) is 11.9. The van der Waals surface area contributed by atoms with Crippen LogP contribution < -0.4 is 0 Å². The van der Waals surface area contributed by atoms with Gasteiger partial charge >= 0.3 is 0 Å². The van der Waals surface area contributed by atoms with Gasteiger partial charge in [0.15, 0.2) is 5.82 Å². The molecule has 0 aliphatic carbocycles. The van der Waals surface area contributed by atoms with Gasteiger partial charge in [-0.15, -0.1) is 0 Å². The zero-order valence-corrected chi connectivity index (χ0v) is 33.6. The van der Waals surface area contributed by atoms with Crippen molar-refractivity contribution in [2.24, 2.45) is 0 Å². The van der Waals surface area contributed by atoms with Crippen LogP contribution in [0.5, 0.6) is 0 Å². The lowest BCUT2D eigenvalue weighted by molar-refractivity contribution is 0.979. The smallest absolute Gasteiger partial charge is 0.160 e. The maximum absolute atomic E-state index is 5.45. The lowest BCUT2D eigenvalue weighted by Gasteiger charge is -2.12. The Bertz CT molecular complexity index is 3610. The predicted molar refractivity (Wildman–Crippen MR) is 255 cm³/mol. The van der Waals surface area contributed by atoms with Crippen molar-refractivity contribution in [3.05, 3.63) is 224 Å². The second kappa shape index (κ2) is 14.7. The molecule has 0 aliphatic heterocycles. The fourth-order valence-electron chi connectivity index (χ4n) is 9.06. The summed E-state index contributed by atoms with van der Waals surface area (Å²) in [5.74, 6) is 0.655. The summed E-state index contributed by atoms with van der Waals surface area (Å²) < 4.78 is 4.48. The highest BCUT2D eigenvalue weighted by molar-refractivity contribution is 6.11. The van der Waals surface area contributed by atoms with Gasteiger partial charge in [-0.1, -0.05) is 176 Å². The van der Waals surface area contributed by atoms with Crippen LogP contribution in [0, 0.1) is 0 Å². The van der Waals surface area contributed by atoms with Crippen LogP contribution in [0.4, 0.5) is 0 Å². The van der Waals surface area contributed by atoms with Crippen molar-refractivity contribution in [2.45, 2.75) is 0 Å². The monoisotopic (exact) mass is 791 g/mol. The Kier molecular flexibility index (Phi) is 8.42. The van der Waals surface area contributed by atoms with Crippen molar-refractivity contribution < 1.29 is 0 Å². The third kappa shape index (κ3) is 5.98. The zero-order chi connectivity index (χ0) is 41.0. The van der Waals surface area contributed by atoms with Crippen LogP contribution in [-0.2, 0) is 0 Å². The Labute approximate surface area is 358 Å². The molecule has 12 rings (SSSR count). The van der Waals surface area contributed by atoms with Gasteiger partial charge in [0.05, 0.1) is 33.6 Å². The molecule has 12 aromatic rings. The lowest BCUT2D eigenvalue weighted by atomic mass is 9.95. The minimum absolute atomic E-state index is 0.655. The molecule has 4 heterocycles. The predicted octanol–water partition coefficient (Wildman–Crippen LogP) is 14.4. The Morgan fingerprint density at radius 2 is 0.935 bits per heavy atom. The Balaban J connectivity index is 1.08. The van der Waals surface area contributed by atoms with E-state index < -0.39 is 0 Å². The summed E-state index contributed by atoms with van der Waals surface area (Å²) in [4.78, 5) is 10.7. The first-order chi connectivity index (χ1) is 30.7. The van der Waals surface area contributed by atoms with E-state index in [1.165, 1.54) is 16.3 Å². The minimum atomic E-state index is 0.655. The summed E-state index contributed by atoms with van der Waals surface area (Å²) in [5.41, 5.74) is 15.4. The zero-order valence-electron chi connectivity index (χ0n) is 33.6. The second-order valence-electron chi connectivity index (χ2n) is 15.7. The lowest BCUT2D eigenvalue weighted by Crippen LogP contribution is -1.97. The maximum Gasteiger partial charge on any atom is 0.160 e. The average molecular weight is 792 g/mol. The summed E-state index contributed by atoms with van der Waals surface area (Å²) in [7, 11) is 0. The SMILES string of the molecule is c1ccc(-c2cc(-c3ccc4c(c3)c3ccccc3n4-c3ccccc3)nc(-c3cccc(-c4c(-c5ccccc5)nn5c(-c6ccccc6)cc6ccccc6c45)c3)n2)cc1. The molecule has 62 heavy (non-hydrogen) atoms. The molecule has 0 fully saturated rings. The average Bonchev–Trinajstić information content (AvgIpc) is 3.92. The number of aromatic nitrogens is 5. The van der Waals surface area contributed by atoms with E-state index in [9.17, 15) is 0 Å². The van der Waals surface area contributed by atoms with Crippen LogP contribution in [-0.4, -0.2) is 24.1 Å². The largest absolute Gasteiger partial charge is 0.309 e. The normalized spacial score (nSPS) is 11.5. The first kappa shape index (κ1) is 35.5. The van der Waals surface area contributed by atoms with Gasteiger partial charge in [0.1, 0.15) is 5.69 Å². The molecular weight excluding hydrogens is 755 g/mol. The van der Waals surface area contributed by atoms with Gasteiger partial charge in [0, 0.05) is 55.2 Å². The summed E-state index contributed by atoms with van der Waals surface area (Å²) >= 11 is 0. The van der Waals surface area contributed by atoms with E-state index in [4.69, 9.17) is 15.1 Å². The van der Waals surface area contributed by atoms with Crippen LogP contribution in [0.3, 0.4) is 0 Å². The molecule has 0 aliphatic rings. The quantitative estimate of drug-likeness (QED) is 0.162. The van der Waals surface area contributed by atoms with Crippen molar-refractivity contribution in [3.8, 4) is 73.2 Å². The van der Waals surface area contributed by atoms with Crippen molar-refractivity contribution >= 4 is 38.1 Å². The van der Waals surface area contributed by atoms with Crippen LogP contribution >= 0.6 is 0 Å². The number of rotatable bonds is 7. The summed E-state index contributed by atoms with van der Waals surface area (Å²) in [6.07, 6.45) is 0. The first-order valence-electron chi connectivity index (χ1n) is 20.9. The Morgan fingerprint density at radius 1 is 0.355 bits per heavy atom. The molecule has 8 aromatic carbocycles. The molecule has 290 valence electrons. The molecule has 0 N–H and O–H groups in total. The van der Waals surface area contributed by atoms with Crippen LogP contribution in [0.25, 0.3) is 111 Å². The van der Waals surface area contributed by atoms with Gasteiger partial charge in [0.25, 0.3) is 0 Å². The van der Waals surface area contributed by atoms with Gasteiger partial charge < -0.3 is 4.57 Å². The fraction of sp³-hybridized carbons (Fsp3) is 0. The molecule has 0 bridgehead atoms. The molecule has 0 saturated heterocycles. The third-order valence-electron chi connectivity index (χ3n) is 11.9. The van der Waals surface area contributed by atoms with Gasteiger partial charge in [-0.3, -0.25) is 0 Å². The topological polar surface area (TPSA) is 48.0 Å². The number of fused-ring (bicyclic) bond motifs is 6. The molecular formula is C57H37N5. The van der Waals surface area contributed by atoms with Crippen LogP contribution in [0.15, 0.2) is 224 Å². The van der Waals surface area contributed by atoms with E-state index in [1.807, 2.05) is 6.07 Å². The van der Waals surface area contributed by atoms with Gasteiger partial charge in [-0.05, 0) is 59.5 Å². The van der Waals surface area contributed by atoms with Gasteiger partial charge in [0.2, 0.25) is 0 Å². The summed E-state index contributed by atoms with van der Waals surface area (Å²) in [6.45, 7) is 0. The first-order valence-corrected chi connectivity index (χ1v) is 20.9. The number of para-hydroxylation sites is 2. The standard InChI is InChI=1S/C57H37N5/c1-5-18-38(19-6-1)49-37-50(42-32-33-52-48(35-42)47-30-15-16-31-51(47)61(52)45-27-11-4-12-28-45)59-57(58-49)44-26-17-25-43(34-44)54-55(40-22-9-3-10-23-40)60-62-53(39-20-7-2-8-21-39)36-41-24-13-14-29-46(41)56(54)62/h1-37H. The van der Waals surface area contributed by atoms with E-state index in [-0.39, 0.29) is 0 Å². The molecule has 0 saturated carbocycles. The number of nitrogens with zero attached hydrogens (tertiary/aromatic N) is 5. The molecule has 0 atom stereocenters. The molecule has 0 radical (unpaired) electrons. The van der Waals surface area contributed by atoms with E-state index in [0.29, 0.717) is 5.82 Å². The Morgan fingerprint density at radius 3 is 1.69 bits per heavy atom. The number of benzene rings is 8. The molecule has 0 amide bonds. The molecule has 0 spiro atoms. The van der Waals surface area contributed by atoms with Gasteiger partial charge in [-0.2, -0.15) is 5.10 Å². The number of pyridine rings is 1. The molecule has 4 aromatic heterocycles. The highest BCUT2D eigenvalue weighted by atomic mass is 15.2. The van der Waals surface area contributed by atoms with Crippen molar-refractivity contribution in [1.82, 2.24) is 24.1 Å². The second-order valence-corrected chi connectivity index (χ2v) is 15.7. The van der Waals surface area contributed by atoms with Crippen molar-refractivity contribution in [1.29, 1.82) is 0 Å². The van der Waals surface area contributed by atoms with Crippen molar-refractivity contribution in [3.63, 3.8) is 0 Å². The van der Waals surface area contributed by atoms with Gasteiger partial charge in [-0.25, -0.2) is 14.5 Å². The molecule has 5 nitrogen and oxygen atoms in total. The fourth-order valence-corrected chi connectivity index (χ4v) is 9.06. The molecule has 0 unspecified atom stereocenters. The number of hydrogen-bond acceptors (Lipinski definition) is 3. The van der Waals surface area contributed by atoms with E-state index >= 15 is 0 Å². The molecule has 5 heteroatoms. The highest BCUT2D eigenvalue weighted by Crippen LogP contribution is 2.42. The summed E-state index contributed by atoms with van der Waals surface area (Å²) in [5, 5.41) is 10.1. The van der Waals surface area contributed by atoms with Crippen LogP contribution in [0.1, 0.15) is 0 Å². The van der Waals surface area contributed by atoms with E-state index in [0.717, 1.165) is 89.2 Å². The Hall–Kier alpha value is -8.41. The van der Waals surface area contributed by atoms with Crippen LogP contribution in [0.2, 0.25) is 0 Å². The highest BCUT2D eigenvalue weighted by Gasteiger charge is 2.23. The summed E-state index contributed by atoms with van der Waals surface area (Å²) in [6, 6.07) is 79.0.